The molecule has 4 N–H and O–H groups in total. The Morgan fingerprint density at radius 2 is 1.82 bits per heavy atom. The molecule has 1 amide bonds. The van der Waals surface area contributed by atoms with Gasteiger partial charge in [-0.05, 0) is 72.1 Å². The van der Waals surface area contributed by atoms with Crippen LogP contribution in [0.1, 0.15) is 21.5 Å². The van der Waals surface area contributed by atoms with Crippen LogP contribution in [0.15, 0.2) is 73.1 Å². The Kier molecular flexibility index (Phi) is 7.52. The molecule has 0 saturated carbocycles. The van der Waals surface area contributed by atoms with Crippen LogP contribution >= 0.6 is 0 Å². The van der Waals surface area contributed by atoms with E-state index in [1.165, 1.54) is 12.1 Å². The summed E-state index contributed by atoms with van der Waals surface area (Å²) in [6, 6.07) is 14.6. The van der Waals surface area contributed by atoms with Crippen molar-refractivity contribution in [1.82, 2.24) is 15.0 Å². The number of rotatable bonds is 5. The van der Waals surface area contributed by atoms with Crippen LogP contribution in [-0.4, -0.2) is 52.3 Å². The molecule has 0 aliphatic carbocycles. The number of pyridine rings is 1. The van der Waals surface area contributed by atoms with E-state index in [0.29, 0.717) is 59.5 Å². The molecule has 0 atom stereocenters. The van der Waals surface area contributed by atoms with Crippen molar-refractivity contribution in [3.63, 3.8) is 0 Å². The van der Waals surface area contributed by atoms with Gasteiger partial charge in [-0.1, -0.05) is 12.1 Å². The molecule has 6 rings (SSSR count). The van der Waals surface area contributed by atoms with E-state index in [1.54, 1.807) is 42.7 Å². The van der Waals surface area contributed by atoms with Crippen LogP contribution in [0.5, 0.6) is 5.75 Å². The second kappa shape index (κ2) is 11.5. The number of anilines is 3. The fraction of sp³-hybridized carbons (Fsp3) is 0.188. The zero-order valence-corrected chi connectivity index (χ0v) is 23.5. The third-order valence-electron chi connectivity index (χ3n) is 7.47. The fourth-order valence-corrected chi connectivity index (χ4v) is 5.23. The average Bonchev–Trinajstić information content (AvgIpc) is 3.01. The first kappa shape index (κ1) is 28.9. The van der Waals surface area contributed by atoms with Gasteiger partial charge in [0.05, 0.1) is 29.9 Å². The molecule has 44 heavy (non-hydrogen) atoms. The number of phenolic OH excluding ortho intramolecular Hbond substituents is 1. The predicted octanol–water partition coefficient (Wildman–Crippen LogP) is 6.06. The number of aromatic nitrogens is 3. The van der Waals surface area contributed by atoms with Gasteiger partial charge in [-0.15, -0.1) is 0 Å². The van der Waals surface area contributed by atoms with Gasteiger partial charge >= 0.3 is 6.18 Å². The molecular weight excluding hydrogens is 573 g/mol. The van der Waals surface area contributed by atoms with E-state index in [1.807, 2.05) is 13.0 Å². The van der Waals surface area contributed by atoms with Gasteiger partial charge in [0.25, 0.3) is 5.91 Å². The standard InChI is InChI=1S/C32H27F3N6O3/c1-18-5-6-20(30(43)39-23-4-2-3-22(16-23)32(33,34)35)13-24(18)25-14-21-17-38-31(36)40-28(21)27(29(25)42)19-7-8-37-26(15-19)41-9-11-44-12-10-41/h2-8,13-17,42H,9-12H2,1H3,(H,39,43)(H2,36,38,40). The first-order chi connectivity index (χ1) is 21.1. The normalized spacial score (nSPS) is 13.7. The molecule has 3 aromatic carbocycles. The first-order valence-electron chi connectivity index (χ1n) is 13.8. The Balaban J connectivity index is 1.44. The summed E-state index contributed by atoms with van der Waals surface area (Å²) in [5, 5.41) is 15.0. The largest absolute Gasteiger partial charge is 0.507 e. The summed E-state index contributed by atoms with van der Waals surface area (Å²) in [6.45, 7) is 4.34. The monoisotopic (exact) mass is 600 g/mol. The number of nitrogens with one attached hydrogen (secondary N) is 1. The van der Waals surface area contributed by atoms with Crippen molar-refractivity contribution in [3.05, 3.63) is 89.7 Å². The van der Waals surface area contributed by atoms with E-state index in [4.69, 9.17) is 10.5 Å². The number of aryl methyl sites for hydroxylation is 1. The van der Waals surface area contributed by atoms with E-state index in [9.17, 15) is 23.1 Å². The Morgan fingerprint density at radius 3 is 2.59 bits per heavy atom. The van der Waals surface area contributed by atoms with Crippen LogP contribution in [0.25, 0.3) is 33.2 Å². The first-order valence-corrected chi connectivity index (χ1v) is 13.8. The quantitative estimate of drug-likeness (QED) is 0.222. The maximum Gasteiger partial charge on any atom is 0.416 e. The third-order valence-corrected chi connectivity index (χ3v) is 7.47. The van der Waals surface area contributed by atoms with Crippen LogP contribution in [0.2, 0.25) is 0 Å². The van der Waals surface area contributed by atoms with Gasteiger partial charge in [0, 0.05) is 47.7 Å². The summed E-state index contributed by atoms with van der Waals surface area (Å²) in [7, 11) is 0. The second-order valence-electron chi connectivity index (χ2n) is 10.4. The number of aromatic hydroxyl groups is 1. The smallest absolute Gasteiger partial charge is 0.416 e. The lowest BCUT2D eigenvalue weighted by atomic mass is 9.91. The van der Waals surface area contributed by atoms with E-state index < -0.39 is 17.6 Å². The number of alkyl halides is 3. The number of carbonyl (C=O) groups is 1. The second-order valence-corrected chi connectivity index (χ2v) is 10.4. The van der Waals surface area contributed by atoms with Crippen LogP contribution in [0.3, 0.4) is 0 Å². The Labute approximate surface area is 250 Å². The third kappa shape index (κ3) is 5.71. The Hall–Kier alpha value is -5.23. The highest BCUT2D eigenvalue weighted by atomic mass is 19.4. The Morgan fingerprint density at radius 1 is 1.02 bits per heavy atom. The van der Waals surface area contributed by atoms with Gasteiger partial charge < -0.3 is 25.8 Å². The molecule has 0 radical (unpaired) electrons. The fourth-order valence-electron chi connectivity index (χ4n) is 5.23. The number of hydrogen-bond acceptors (Lipinski definition) is 8. The minimum Gasteiger partial charge on any atom is -0.507 e. The summed E-state index contributed by atoms with van der Waals surface area (Å²) >= 11 is 0. The number of morpholine rings is 1. The minimum absolute atomic E-state index is 0.00582. The number of amides is 1. The molecule has 1 fully saturated rings. The highest BCUT2D eigenvalue weighted by molar-refractivity contribution is 6.06. The van der Waals surface area contributed by atoms with Gasteiger partial charge in [-0.25, -0.2) is 15.0 Å². The summed E-state index contributed by atoms with van der Waals surface area (Å²) in [5.74, 6) is 0.0627. The average molecular weight is 601 g/mol. The molecule has 9 nitrogen and oxygen atoms in total. The summed E-state index contributed by atoms with van der Waals surface area (Å²) < 4.78 is 45.0. The topological polar surface area (TPSA) is 126 Å². The van der Waals surface area contributed by atoms with E-state index in [0.717, 1.165) is 23.5 Å². The van der Waals surface area contributed by atoms with Gasteiger partial charge in [-0.2, -0.15) is 13.2 Å². The molecule has 224 valence electrons. The van der Waals surface area contributed by atoms with Gasteiger partial charge in [0.2, 0.25) is 5.95 Å². The number of nitrogen functional groups attached to an aromatic ring is 1. The van der Waals surface area contributed by atoms with Crippen molar-refractivity contribution < 1.29 is 27.8 Å². The molecule has 0 bridgehead atoms. The molecule has 5 aromatic rings. The number of hydrogen-bond donors (Lipinski definition) is 3. The lowest BCUT2D eigenvalue weighted by Crippen LogP contribution is -2.36. The molecular formula is C32H27F3N6O3. The molecule has 0 spiro atoms. The number of benzene rings is 3. The predicted molar refractivity (Wildman–Crippen MR) is 161 cm³/mol. The van der Waals surface area contributed by atoms with Crippen molar-refractivity contribution in [2.24, 2.45) is 0 Å². The number of phenols is 1. The van der Waals surface area contributed by atoms with Crippen LogP contribution < -0.4 is 16.0 Å². The summed E-state index contributed by atoms with van der Waals surface area (Å²) in [4.78, 5) is 28.4. The maximum atomic E-state index is 13.2. The van der Waals surface area contributed by atoms with Crippen molar-refractivity contribution in [2.45, 2.75) is 13.1 Å². The molecule has 2 aromatic heterocycles. The van der Waals surface area contributed by atoms with Crippen LogP contribution in [0, 0.1) is 6.92 Å². The van der Waals surface area contributed by atoms with E-state index in [-0.39, 0.29) is 22.9 Å². The SMILES string of the molecule is Cc1ccc(C(=O)Nc2cccc(C(F)(F)F)c2)cc1-c1cc2cnc(N)nc2c(-c2ccnc(N3CCOCC3)c2)c1O. The maximum absolute atomic E-state index is 13.2. The Bertz CT molecular complexity index is 1890. The zero-order valence-electron chi connectivity index (χ0n) is 23.5. The molecule has 3 heterocycles. The van der Waals surface area contributed by atoms with E-state index >= 15 is 0 Å². The summed E-state index contributed by atoms with van der Waals surface area (Å²) in [6.07, 6.45) is -1.32. The number of ether oxygens (including phenoxy) is 1. The highest BCUT2D eigenvalue weighted by Gasteiger charge is 2.30. The van der Waals surface area contributed by atoms with Crippen molar-refractivity contribution in [3.8, 4) is 28.0 Å². The van der Waals surface area contributed by atoms with Crippen LogP contribution in [-0.2, 0) is 10.9 Å². The van der Waals surface area contributed by atoms with Gasteiger partial charge in [0.15, 0.2) is 0 Å². The number of fused-ring (bicyclic) bond motifs is 1. The van der Waals surface area contributed by atoms with Crippen molar-refractivity contribution in [2.75, 3.05) is 42.3 Å². The molecule has 1 aliphatic rings. The summed E-state index contributed by atoms with van der Waals surface area (Å²) in [5.41, 5.74) is 8.49. The van der Waals surface area contributed by atoms with Gasteiger partial charge in [0.1, 0.15) is 11.6 Å². The number of carbonyl (C=O) groups excluding carboxylic acids is 1. The van der Waals surface area contributed by atoms with E-state index in [2.05, 4.69) is 25.2 Å². The lowest BCUT2D eigenvalue weighted by Gasteiger charge is -2.28. The molecule has 1 saturated heterocycles. The number of nitrogens with zero attached hydrogens (tertiary/aromatic N) is 4. The molecule has 1 aliphatic heterocycles. The highest BCUT2D eigenvalue weighted by Crippen LogP contribution is 2.44. The van der Waals surface area contributed by atoms with Gasteiger partial charge in [-0.3, -0.25) is 4.79 Å². The van der Waals surface area contributed by atoms with Crippen molar-refractivity contribution >= 4 is 34.3 Å². The lowest BCUT2D eigenvalue weighted by molar-refractivity contribution is -0.137. The number of halogens is 3. The number of nitrogens with two attached hydrogens (primary N) is 1. The molecule has 0 unspecified atom stereocenters. The minimum atomic E-state index is -4.55. The zero-order chi connectivity index (χ0) is 31.0. The van der Waals surface area contributed by atoms with Crippen molar-refractivity contribution in [1.29, 1.82) is 0 Å². The molecule has 12 heteroatoms. The van der Waals surface area contributed by atoms with Crippen LogP contribution in [0.4, 0.5) is 30.6 Å².